The van der Waals surface area contributed by atoms with Gasteiger partial charge in [0.05, 0.1) is 11.1 Å². The lowest BCUT2D eigenvalue weighted by Gasteiger charge is -2.39. The van der Waals surface area contributed by atoms with Gasteiger partial charge in [-0.15, -0.1) is 6.58 Å². The lowest BCUT2D eigenvalue weighted by atomic mass is 9.85. The van der Waals surface area contributed by atoms with Crippen LogP contribution in [0.25, 0.3) is 0 Å². The second-order valence-corrected chi connectivity index (χ2v) is 19.1. The van der Waals surface area contributed by atoms with Gasteiger partial charge in [0, 0.05) is 32.7 Å². The van der Waals surface area contributed by atoms with Crippen molar-refractivity contribution in [3.63, 3.8) is 0 Å². The Morgan fingerprint density at radius 2 is 1.65 bits per heavy atom. The fourth-order valence-corrected chi connectivity index (χ4v) is 8.57. The quantitative estimate of drug-likeness (QED) is 0.156. The number of nitrogens with one attached hydrogen (secondary N) is 4. The molecule has 6 atom stereocenters. The topological polar surface area (TPSA) is 174 Å². The number of sulfonamides is 1. The van der Waals surface area contributed by atoms with Gasteiger partial charge in [0.1, 0.15) is 17.0 Å². The molecule has 290 valence electrons. The first-order chi connectivity index (χ1) is 23.9. The minimum Gasteiger partial charge on any atom is -0.346 e. The number of halogens is 1. The zero-order valence-corrected chi connectivity index (χ0v) is 33.7. The number of likely N-dealkylation sites (N-methyl/N-ethyl adjacent to an activating group) is 1. The molecule has 1 heterocycles. The number of carbonyl (C=O) groups is 5. The van der Waals surface area contributed by atoms with Crippen LogP contribution < -0.4 is 21.3 Å². The number of piperidine rings is 1. The van der Waals surface area contributed by atoms with E-state index in [0.717, 1.165) is 4.31 Å². The number of benzene rings is 1. The number of amides is 5. The Hall–Kier alpha value is -3.49. The van der Waals surface area contributed by atoms with Gasteiger partial charge in [0.25, 0.3) is 5.91 Å². The number of hydrogen-bond donors (Lipinski definition) is 4. The SMILES string of the molecule is C=CCNC(=O)C(=O)C(CCC)NC(=O)[C@@H]1[C@@H]2[C@H](CN1C(=O)[C@@H](NC(=O)N[C@H](CN(C)S(=O)(=O)c1ccccc1Cl)C(C)(C)C)C(C)(C)C)C2(C)C. The first kappa shape index (κ1) is 42.9. The van der Waals surface area contributed by atoms with Crippen LogP contribution in [0, 0.1) is 28.1 Å². The maximum atomic E-state index is 14.4. The molecule has 3 rings (SSSR count). The van der Waals surface area contributed by atoms with E-state index in [1.165, 1.54) is 30.2 Å². The molecule has 0 bridgehead atoms. The van der Waals surface area contributed by atoms with E-state index in [9.17, 15) is 32.4 Å². The minimum atomic E-state index is -4.00. The van der Waals surface area contributed by atoms with Crippen molar-refractivity contribution in [2.75, 3.05) is 26.7 Å². The lowest BCUT2D eigenvalue weighted by Crippen LogP contribution is -2.62. The van der Waals surface area contributed by atoms with Crippen molar-refractivity contribution in [2.24, 2.45) is 28.1 Å². The Bertz CT molecular complexity index is 1650. The Labute approximate surface area is 314 Å². The van der Waals surface area contributed by atoms with Gasteiger partial charge in [-0.2, -0.15) is 4.31 Å². The molecule has 1 saturated heterocycles. The van der Waals surface area contributed by atoms with Crippen molar-refractivity contribution in [1.82, 2.24) is 30.5 Å². The monoisotopic (exact) mass is 764 g/mol. The molecule has 1 aromatic rings. The summed E-state index contributed by atoms with van der Waals surface area (Å²) >= 11 is 6.21. The Balaban J connectivity index is 1.84. The number of Topliss-reactive ketones (excluding diaryl/α,β-unsaturated/α-hetero) is 1. The lowest BCUT2D eigenvalue weighted by molar-refractivity contribution is -0.145. The summed E-state index contributed by atoms with van der Waals surface area (Å²) in [6.07, 6.45) is 2.21. The van der Waals surface area contributed by atoms with Crippen LogP contribution in [-0.4, -0.2) is 98.0 Å². The molecule has 52 heavy (non-hydrogen) atoms. The average Bonchev–Trinajstić information content (AvgIpc) is 3.35. The number of nitrogens with zero attached hydrogens (tertiary/aromatic N) is 2. The molecule has 0 radical (unpaired) electrons. The molecule has 1 aromatic carbocycles. The van der Waals surface area contributed by atoms with Gasteiger partial charge >= 0.3 is 6.03 Å². The Kier molecular flexibility index (Phi) is 13.4. The number of urea groups is 1. The highest BCUT2D eigenvalue weighted by molar-refractivity contribution is 7.89. The standard InChI is InChI=1S/C37H57ClN6O7S/c1-12-16-24(29(45)32(47)39-19-13-2)40-31(46)28-27-22(37(27,9)10)20-44(28)33(48)30(36(6,7)8)42-34(49)41-26(35(3,4)5)21-43(11)52(50,51)25-18-15-14-17-23(25)38/h13-15,17-18,22,24,26-28,30H,2,12,16,19-21H2,1,3-11H3,(H,39,47)(H,40,46)(H2,41,42,49)/t22-,24?,26+,27-,28-,30+/m0/s1. The highest BCUT2D eigenvalue weighted by Crippen LogP contribution is 2.65. The maximum absolute atomic E-state index is 14.4. The van der Waals surface area contributed by atoms with E-state index in [-0.39, 0.29) is 53.2 Å². The molecule has 0 aromatic heterocycles. The van der Waals surface area contributed by atoms with Crippen LogP contribution in [0.5, 0.6) is 0 Å². The van der Waals surface area contributed by atoms with Gasteiger partial charge in [-0.3, -0.25) is 19.2 Å². The first-order valence-corrected chi connectivity index (χ1v) is 19.5. The second kappa shape index (κ2) is 16.3. The largest absolute Gasteiger partial charge is 0.346 e. The van der Waals surface area contributed by atoms with Crippen molar-refractivity contribution in [2.45, 2.75) is 104 Å². The Morgan fingerprint density at radius 3 is 2.19 bits per heavy atom. The van der Waals surface area contributed by atoms with E-state index in [4.69, 9.17) is 11.6 Å². The molecule has 5 amide bonds. The van der Waals surface area contributed by atoms with Gasteiger partial charge in [-0.1, -0.05) is 98.5 Å². The maximum Gasteiger partial charge on any atom is 0.315 e. The molecule has 2 fully saturated rings. The highest BCUT2D eigenvalue weighted by Gasteiger charge is 2.70. The number of hydrogen-bond acceptors (Lipinski definition) is 7. The summed E-state index contributed by atoms with van der Waals surface area (Å²) < 4.78 is 28.0. The van der Waals surface area contributed by atoms with E-state index < -0.39 is 74.6 Å². The zero-order valence-electron chi connectivity index (χ0n) is 32.1. The fraction of sp³-hybridized carbons (Fsp3) is 0.649. The third-order valence-electron chi connectivity index (χ3n) is 10.3. The van der Waals surface area contributed by atoms with E-state index in [1.807, 2.05) is 41.5 Å². The highest BCUT2D eigenvalue weighted by atomic mass is 35.5. The molecular weight excluding hydrogens is 708 g/mol. The van der Waals surface area contributed by atoms with Gasteiger partial charge < -0.3 is 26.2 Å². The second-order valence-electron chi connectivity index (χ2n) is 16.7. The van der Waals surface area contributed by atoms with Crippen molar-refractivity contribution in [3.8, 4) is 0 Å². The first-order valence-electron chi connectivity index (χ1n) is 17.7. The van der Waals surface area contributed by atoms with E-state index in [1.54, 1.807) is 32.9 Å². The minimum absolute atomic E-state index is 0.0266. The van der Waals surface area contributed by atoms with Crippen LogP contribution in [0.15, 0.2) is 41.8 Å². The molecule has 13 nitrogen and oxygen atoms in total. The van der Waals surface area contributed by atoms with E-state index in [0.29, 0.717) is 6.42 Å². The summed E-state index contributed by atoms with van der Waals surface area (Å²) in [5, 5.41) is 11.0. The van der Waals surface area contributed by atoms with Crippen LogP contribution in [0.2, 0.25) is 5.02 Å². The van der Waals surface area contributed by atoms with E-state index >= 15 is 0 Å². The summed E-state index contributed by atoms with van der Waals surface area (Å²) in [4.78, 5) is 69.1. The molecule has 1 aliphatic heterocycles. The number of fused-ring (bicyclic) bond motifs is 1. The zero-order chi connectivity index (χ0) is 39.6. The molecular formula is C37H57ClN6O7S. The third-order valence-corrected chi connectivity index (χ3v) is 12.6. The van der Waals surface area contributed by atoms with Crippen molar-refractivity contribution < 1.29 is 32.4 Å². The molecule has 4 N–H and O–H groups in total. The van der Waals surface area contributed by atoms with Crippen molar-refractivity contribution >= 4 is 51.2 Å². The predicted octanol–water partition coefficient (Wildman–Crippen LogP) is 3.73. The average molecular weight is 765 g/mol. The number of carbonyl (C=O) groups excluding carboxylic acids is 5. The summed E-state index contributed by atoms with van der Waals surface area (Å²) in [7, 11) is -2.59. The Morgan fingerprint density at radius 1 is 1.04 bits per heavy atom. The van der Waals surface area contributed by atoms with Crippen LogP contribution in [0.1, 0.15) is 75.2 Å². The fourth-order valence-electron chi connectivity index (χ4n) is 6.90. The normalized spacial score (nSPS) is 21.3. The molecule has 1 saturated carbocycles. The number of rotatable bonds is 15. The summed E-state index contributed by atoms with van der Waals surface area (Å²) in [6.45, 7) is 20.7. The molecule has 2 aliphatic rings. The molecule has 1 unspecified atom stereocenters. The van der Waals surface area contributed by atoms with Gasteiger partial charge in [0.2, 0.25) is 27.6 Å². The number of likely N-dealkylation sites (tertiary alicyclic amines) is 1. The summed E-state index contributed by atoms with van der Waals surface area (Å²) in [5.74, 6) is -2.74. The molecule has 0 spiro atoms. The van der Waals surface area contributed by atoms with E-state index in [2.05, 4.69) is 27.8 Å². The predicted molar refractivity (Wildman–Crippen MR) is 201 cm³/mol. The third kappa shape index (κ3) is 9.54. The van der Waals surface area contributed by atoms with Crippen LogP contribution in [-0.2, 0) is 29.2 Å². The smallest absolute Gasteiger partial charge is 0.315 e. The number of ketones is 1. The van der Waals surface area contributed by atoms with Crippen LogP contribution >= 0.6 is 11.6 Å². The summed E-state index contributed by atoms with van der Waals surface area (Å²) in [6, 6.07) is 1.68. The van der Waals surface area contributed by atoms with Gasteiger partial charge in [-0.05, 0) is 46.6 Å². The molecule has 1 aliphatic carbocycles. The summed E-state index contributed by atoms with van der Waals surface area (Å²) in [5.41, 5.74) is -1.64. The van der Waals surface area contributed by atoms with Gasteiger partial charge in [-0.25, -0.2) is 13.2 Å². The van der Waals surface area contributed by atoms with Crippen molar-refractivity contribution in [1.29, 1.82) is 0 Å². The van der Waals surface area contributed by atoms with Crippen LogP contribution in [0.3, 0.4) is 0 Å². The van der Waals surface area contributed by atoms with Crippen molar-refractivity contribution in [3.05, 3.63) is 41.9 Å². The molecule has 15 heteroatoms. The van der Waals surface area contributed by atoms with Gasteiger partial charge in [0.15, 0.2) is 0 Å². The van der Waals surface area contributed by atoms with Crippen LogP contribution in [0.4, 0.5) is 4.79 Å².